The van der Waals surface area contributed by atoms with Crippen LogP contribution in [0.5, 0.6) is 0 Å². The standard InChI is InChI=1S/C12H16BrIN4O/c1-12(2,3)18-11(19)17-10(15)16-7-4-5-8(13)9(14)6-7/h4-6H,1-3H3,(H4,15,16,17,18,19). The molecule has 0 atom stereocenters. The lowest BCUT2D eigenvalue weighted by Crippen LogP contribution is -2.50. The van der Waals surface area contributed by atoms with Gasteiger partial charge in [-0.15, -0.1) is 0 Å². The van der Waals surface area contributed by atoms with Crippen LogP contribution < -0.4 is 16.4 Å². The molecule has 0 aromatic heterocycles. The highest BCUT2D eigenvalue weighted by atomic mass is 127. The molecule has 2 amide bonds. The van der Waals surface area contributed by atoms with Crippen molar-refractivity contribution in [2.45, 2.75) is 26.3 Å². The van der Waals surface area contributed by atoms with Crippen molar-refractivity contribution in [2.75, 3.05) is 0 Å². The molecule has 0 saturated heterocycles. The van der Waals surface area contributed by atoms with Crippen molar-refractivity contribution in [3.8, 4) is 0 Å². The normalized spacial score (nSPS) is 12.2. The highest BCUT2D eigenvalue weighted by molar-refractivity contribution is 14.1. The van der Waals surface area contributed by atoms with E-state index in [0.29, 0.717) is 5.69 Å². The number of nitrogens with zero attached hydrogens (tertiary/aromatic N) is 1. The summed E-state index contributed by atoms with van der Waals surface area (Å²) in [7, 11) is 0. The van der Waals surface area contributed by atoms with Gasteiger partial charge in [0.15, 0.2) is 0 Å². The summed E-state index contributed by atoms with van der Waals surface area (Å²) < 4.78 is 2.01. The van der Waals surface area contributed by atoms with E-state index in [2.05, 4.69) is 54.1 Å². The Balaban J connectivity index is 2.71. The van der Waals surface area contributed by atoms with Crippen LogP contribution in [0.4, 0.5) is 10.5 Å². The summed E-state index contributed by atoms with van der Waals surface area (Å²) in [6, 6.07) is 5.17. The van der Waals surface area contributed by atoms with Gasteiger partial charge in [0.05, 0.1) is 5.69 Å². The van der Waals surface area contributed by atoms with E-state index >= 15 is 0 Å². The molecule has 0 heterocycles. The van der Waals surface area contributed by atoms with Gasteiger partial charge in [-0.2, -0.15) is 0 Å². The number of halogens is 2. The number of hydrogen-bond acceptors (Lipinski definition) is 2. The van der Waals surface area contributed by atoms with E-state index in [-0.39, 0.29) is 17.5 Å². The number of nitrogens with one attached hydrogen (secondary N) is 2. The molecule has 0 radical (unpaired) electrons. The first kappa shape index (κ1) is 16.2. The number of aliphatic imine (C=N–C) groups is 1. The summed E-state index contributed by atoms with van der Waals surface area (Å²) in [5, 5.41) is 5.22. The van der Waals surface area contributed by atoms with Crippen LogP contribution in [0, 0.1) is 3.57 Å². The third-order valence-corrected chi connectivity index (χ3v) is 4.21. The zero-order valence-electron chi connectivity index (χ0n) is 10.9. The first-order chi connectivity index (χ1) is 8.67. The number of nitrogens with two attached hydrogens (primary N) is 1. The maximum absolute atomic E-state index is 11.6. The van der Waals surface area contributed by atoms with Gasteiger partial charge in [0, 0.05) is 13.6 Å². The monoisotopic (exact) mass is 438 g/mol. The fraction of sp³-hybridized carbons (Fsp3) is 0.333. The molecule has 0 aliphatic rings. The first-order valence-electron chi connectivity index (χ1n) is 5.56. The predicted octanol–water partition coefficient (Wildman–Crippen LogP) is 3.10. The zero-order valence-corrected chi connectivity index (χ0v) is 14.7. The summed E-state index contributed by atoms with van der Waals surface area (Å²) in [6.45, 7) is 5.66. The van der Waals surface area contributed by atoms with Crippen LogP contribution in [0.2, 0.25) is 0 Å². The number of carbonyl (C=O) groups excluding carboxylic acids is 1. The Morgan fingerprint density at radius 3 is 2.58 bits per heavy atom. The molecule has 0 spiro atoms. The largest absolute Gasteiger partial charge is 0.369 e. The molecule has 0 unspecified atom stereocenters. The van der Waals surface area contributed by atoms with Crippen LogP contribution in [-0.4, -0.2) is 17.5 Å². The summed E-state index contributed by atoms with van der Waals surface area (Å²) in [5.74, 6) is 0.0554. The number of guanidine groups is 1. The van der Waals surface area contributed by atoms with Crippen molar-refractivity contribution in [2.24, 2.45) is 10.7 Å². The van der Waals surface area contributed by atoms with Gasteiger partial charge in [-0.3, -0.25) is 5.32 Å². The topological polar surface area (TPSA) is 79.5 Å². The maximum Gasteiger partial charge on any atom is 0.321 e. The van der Waals surface area contributed by atoms with Crippen molar-refractivity contribution in [1.82, 2.24) is 10.6 Å². The van der Waals surface area contributed by atoms with Crippen LogP contribution >= 0.6 is 38.5 Å². The van der Waals surface area contributed by atoms with Crippen LogP contribution in [0.3, 0.4) is 0 Å². The molecule has 4 N–H and O–H groups in total. The molecule has 1 rings (SSSR count). The number of carbonyl (C=O) groups is 1. The van der Waals surface area contributed by atoms with Crippen molar-refractivity contribution in [3.63, 3.8) is 0 Å². The number of rotatable bonds is 1. The molecular weight excluding hydrogens is 423 g/mol. The van der Waals surface area contributed by atoms with Gasteiger partial charge in [0.25, 0.3) is 0 Å². The average molecular weight is 439 g/mol. The van der Waals surface area contributed by atoms with E-state index in [9.17, 15) is 4.79 Å². The average Bonchev–Trinajstić information content (AvgIpc) is 2.20. The van der Waals surface area contributed by atoms with Gasteiger partial charge >= 0.3 is 6.03 Å². The van der Waals surface area contributed by atoms with E-state index in [1.807, 2.05) is 39.0 Å². The molecule has 7 heteroatoms. The molecule has 0 aliphatic heterocycles. The zero-order chi connectivity index (χ0) is 14.6. The second-order valence-corrected chi connectivity index (χ2v) is 6.94. The van der Waals surface area contributed by atoms with E-state index < -0.39 is 0 Å². The predicted molar refractivity (Wildman–Crippen MR) is 89.6 cm³/mol. The molecule has 0 bridgehead atoms. The summed E-state index contributed by atoms with van der Waals surface area (Å²) >= 11 is 5.59. The van der Waals surface area contributed by atoms with Crippen LogP contribution in [0.15, 0.2) is 27.7 Å². The SMILES string of the molecule is CC(C)(C)NC(=O)NC(N)=Nc1ccc(Br)c(I)c1. The van der Waals surface area contributed by atoms with Crippen LogP contribution in [0.1, 0.15) is 20.8 Å². The fourth-order valence-corrected chi connectivity index (χ4v) is 1.96. The van der Waals surface area contributed by atoms with Crippen molar-refractivity contribution in [3.05, 3.63) is 26.2 Å². The second-order valence-electron chi connectivity index (χ2n) is 4.92. The molecule has 0 saturated carbocycles. The number of hydrogen-bond donors (Lipinski definition) is 3. The highest BCUT2D eigenvalue weighted by Gasteiger charge is 2.13. The van der Waals surface area contributed by atoms with Gasteiger partial charge in [-0.1, -0.05) is 0 Å². The van der Waals surface area contributed by atoms with Gasteiger partial charge in [0.1, 0.15) is 0 Å². The Labute approximate surface area is 134 Å². The van der Waals surface area contributed by atoms with Crippen LogP contribution in [0.25, 0.3) is 0 Å². The Morgan fingerprint density at radius 1 is 1.42 bits per heavy atom. The minimum Gasteiger partial charge on any atom is -0.369 e. The molecule has 0 aliphatic carbocycles. The van der Waals surface area contributed by atoms with E-state index in [4.69, 9.17) is 5.73 Å². The number of amides is 2. The Kier molecular flexibility index (Phi) is 5.60. The molecule has 104 valence electrons. The minimum atomic E-state index is -0.374. The Morgan fingerprint density at radius 2 is 2.05 bits per heavy atom. The second kappa shape index (κ2) is 6.56. The summed E-state index contributed by atoms with van der Waals surface area (Å²) in [5.41, 5.74) is 6.04. The lowest BCUT2D eigenvalue weighted by Gasteiger charge is -2.20. The molecule has 1 aromatic rings. The number of benzene rings is 1. The summed E-state index contributed by atoms with van der Waals surface area (Å²) in [6.07, 6.45) is 0. The van der Waals surface area contributed by atoms with Crippen LogP contribution in [-0.2, 0) is 0 Å². The number of urea groups is 1. The molecular formula is C12H16BrIN4O. The fourth-order valence-electron chi connectivity index (χ4n) is 1.21. The molecule has 1 aromatic carbocycles. The Hall–Kier alpha value is -0.830. The van der Waals surface area contributed by atoms with E-state index in [1.165, 1.54) is 0 Å². The van der Waals surface area contributed by atoms with Gasteiger partial charge < -0.3 is 11.1 Å². The lowest BCUT2D eigenvalue weighted by atomic mass is 10.1. The third kappa shape index (κ3) is 6.24. The van der Waals surface area contributed by atoms with E-state index in [0.717, 1.165) is 8.04 Å². The van der Waals surface area contributed by atoms with Gasteiger partial charge in [0.2, 0.25) is 5.96 Å². The molecule has 5 nitrogen and oxygen atoms in total. The smallest absolute Gasteiger partial charge is 0.321 e. The maximum atomic E-state index is 11.6. The van der Waals surface area contributed by atoms with Crippen molar-refractivity contribution >= 4 is 56.2 Å². The Bertz CT molecular complexity index is 511. The van der Waals surface area contributed by atoms with Crippen molar-refractivity contribution in [1.29, 1.82) is 0 Å². The third-order valence-electron chi connectivity index (χ3n) is 1.88. The first-order valence-corrected chi connectivity index (χ1v) is 7.43. The minimum absolute atomic E-state index is 0.0554. The summed E-state index contributed by atoms with van der Waals surface area (Å²) in [4.78, 5) is 15.7. The lowest BCUT2D eigenvalue weighted by molar-refractivity contribution is 0.236. The highest BCUT2D eigenvalue weighted by Crippen LogP contribution is 2.23. The van der Waals surface area contributed by atoms with Gasteiger partial charge in [-0.25, -0.2) is 9.79 Å². The quantitative estimate of drug-likeness (QED) is 0.358. The molecule has 0 fully saturated rings. The van der Waals surface area contributed by atoms with Gasteiger partial charge in [-0.05, 0) is 77.5 Å². The van der Waals surface area contributed by atoms with E-state index in [1.54, 1.807) is 0 Å². The van der Waals surface area contributed by atoms with Crippen molar-refractivity contribution < 1.29 is 4.79 Å². The molecule has 19 heavy (non-hydrogen) atoms.